The van der Waals surface area contributed by atoms with Gasteiger partial charge in [0.15, 0.2) is 0 Å². The lowest BCUT2D eigenvalue weighted by Crippen LogP contribution is -2.47. The monoisotopic (exact) mass is 819 g/mol. The van der Waals surface area contributed by atoms with Crippen LogP contribution in [0.1, 0.15) is 239 Å². The van der Waals surface area contributed by atoms with Crippen molar-refractivity contribution in [3.8, 4) is 0 Å². The molecule has 9 nitrogen and oxygen atoms in total. The second-order valence-electron chi connectivity index (χ2n) is 16.6. The molecule has 0 aromatic carbocycles. The van der Waals surface area contributed by atoms with E-state index in [9.17, 15) is 19.2 Å². The van der Waals surface area contributed by atoms with Crippen LogP contribution in [0.2, 0.25) is 0 Å². The van der Waals surface area contributed by atoms with Gasteiger partial charge in [0.25, 0.3) is 0 Å². The number of carbonyl (C=O) groups excluding carboxylic acids is 3. The molecule has 0 aromatic rings. The maximum absolute atomic E-state index is 12.8. The number of hydrogen-bond donors (Lipinski definition) is 4. The Hall–Kier alpha value is -2.68. The van der Waals surface area contributed by atoms with Gasteiger partial charge in [-0.15, -0.1) is 0 Å². The summed E-state index contributed by atoms with van der Waals surface area (Å²) in [5.74, 6) is -2.31. The predicted octanol–water partition coefficient (Wildman–Crippen LogP) is 12.4. The summed E-state index contributed by atoms with van der Waals surface area (Å²) in [5, 5.41) is 22.6. The van der Waals surface area contributed by atoms with Gasteiger partial charge in [0.1, 0.15) is 12.1 Å². The highest BCUT2D eigenvalue weighted by Gasteiger charge is 2.19. The Morgan fingerprint density at radius 2 is 0.948 bits per heavy atom. The van der Waals surface area contributed by atoms with E-state index in [1.165, 1.54) is 135 Å². The molecule has 9 heteroatoms. The first kappa shape index (κ1) is 55.3. The van der Waals surface area contributed by atoms with E-state index in [1.54, 1.807) is 0 Å². The van der Waals surface area contributed by atoms with Crippen molar-refractivity contribution in [2.45, 2.75) is 251 Å². The molecule has 0 aromatic heterocycles. The molecule has 4 N–H and O–H groups in total. The Bertz CT molecular complexity index is 1030. The van der Waals surface area contributed by atoms with Gasteiger partial charge in [0.2, 0.25) is 11.8 Å². The fourth-order valence-corrected chi connectivity index (χ4v) is 7.22. The minimum absolute atomic E-state index is 0.0530. The van der Waals surface area contributed by atoms with Crippen molar-refractivity contribution in [1.82, 2.24) is 10.6 Å². The van der Waals surface area contributed by atoms with Crippen LogP contribution in [0.25, 0.3) is 0 Å². The first-order valence-electron chi connectivity index (χ1n) is 24.2. The largest absolute Gasteiger partial charge is 0.480 e. The van der Waals surface area contributed by atoms with E-state index in [1.807, 2.05) is 0 Å². The van der Waals surface area contributed by atoms with Crippen LogP contribution in [-0.4, -0.2) is 59.3 Å². The van der Waals surface area contributed by atoms with Crippen molar-refractivity contribution in [1.29, 1.82) is 0 Å². The highest BCUT2D eigenvalue weighted by Crippen LogP contribution is 2.18. The summed E-state index contributed by atoms with van der Waals surface area (Å²) in [5.41, 5.74) is 0. The van der Waals surface area contributed by atoms with Crippen LogP contribution in [0, 0.1) is 0 Å². The highest BCUT2D eigenvalue weighted by molar-refractivity contribution is 5.87. The van der Waals surface area contributed by atoms with Gasteiger partial charge in [-0.3, -0.25) is 14.4 Å². The zero-order chi connectivity index (χ0) is 42.6. The van der Waals surface area contributed by atoms with E-state index >= 15 is 0 Å². The molecule has 0 bridgehead atoms. The van der Waals surface area contributed by atoms with Gasteiger partial charge in [0.05, 0.1) is 13.2 Å². The van der Waals surface area contributed by atoms with E-state index < -0.39 is 24.5 Å². The van der Waals surface area contributed by atoms with Crippen LogP contribution >= 0.6 is 0 Å². The number of hydrogen-bond acceptors (Lipinski definition) is 6. The van der Waals surface area contributed by atoms with Crippen molar-refractivity contribution in [3.05, 3.63) is 24.3 Å². The average Bonchev–Trinajstić information content (AvgIpc) is 3.21. The summed E-state index contributed by atoms with van der Waals surface area (Å²) in [6, 6.07) is -1.38. The summed E-state index contributed by atoms with van der Waals surface area (Å²) in [7, 11) is 0. The summed E-state index contributed by atoms with van der Waals surface area (Å²) < 4.78 is 6.03. The summed E-state index contributed by atoms with van der Waals surface area (Å²) in [4.78, 5) is 47.7. The highest BCUT2D eigenvalue weighted by atomic mass is 16.5. The van der Waals surface area contributed by atoms with Crippen LogP contribution in [-0.2, 0) is 23.9 Å². The number of amides is 2. The van der Waals surface area contributed by atoms with Crippen molar-refractivity contribution in [2.24, 2.45) is 0 Å². The third-order valence-corrected chi connectivity index (χ3v) is 11.0. The molecule has 2 unspecified atom stereocenters. The van der Waals surface area contributed by atoms with Crippen LogP contribution in [0.15, 0.2) is 24.3 Å². The molecule has 58 heavy (non-hydrogen) atoms. The normalized spacial score (nSPS) is 12.6. The zero-order valence-corrected chi connectivity index (χ0v) is 37.6. The molecule has 0 saturated carbocycles. The Labute approximate surface area is 355 Å². The van der Waals surface area contributed by atoms with Gasteiger partial charge >= 0.3 is 11.9 Å². The van der Waals surface area contributed by atoms with E-state index in [0.29, 0.717) is 12.8 Å². The lowest BCUT2D eigenvalue weighted by atomic mass is 10.0. The molecule has 338 valence electrons. The molecular formula is C49H90N2O7. The number of carboxylic acid groups (broad SMARTS) is 1. The molecule has 0 fully saturated rings. The number of nitrogens with one attached hydrogen (secondary N) is 2. The lowest BCUT2D eigenvalue weighted by Gasteiger charge is -2.18. The summed E-state index contributed by atoms with van der Waals surface area (Å²) in [6.07, 6.45) is 49.2. The van der Waals surface area contributed by atoms with E-state index in [4.69, 9.17) is 14.9 Å². The van der Waals surface area contributed by atoms with Crippen LogP contribution in [0.5, 0.6) is 0 Å². The number of rotatable bonds is 44. The van der Waals surface area contributed by atoms with E-state index in [0.717, 1.165) is 70.6 Å². The van der Waals surface area contributed by atoms with E-state index in [-0.39, 0.29) is 30.9 Å². The molecule has 0 saturated heterocycles. The van der Waals surface area contributed by atoms with E-state index in [2.05, 4.69) is 48.8 Å². The maximum atomic E-state index is 12.8. The van der Waals surface area contributed by atoms with Gasteiger partial charge in [-0.2, -0.15) is 0 Å². The zero-order valence-electron chi connectivity index (χ0n) is 37.6. The third-order valence-electron chi connectivity index (χ3n) is 11.0. The number of unbranched alkanes of at least 4 members (excludes halogenated alkanes) is 26. The van der Waals surface area contributed by atoms with Gasteiger partial charge in [-0.05, 0) is 64.2 Å². The Balaban J connectivity index is 4.32. The summed E-state index contributed by atoms with van der Waals surface area (Å²) >= 11 is 0. The number of allylic oxidation sites excluding steroid dienone is 4. The number of aliphatic hydroxyl groups excluding tert-OH is 1. The number of aliphatic carboxylic acids is 1. The molecule has 0 rings (SSSR count). The Morgan fingerprint density at radius 1 is 0.517 bits per heavy atom. The second-order valence-corrected chi connectivity index (χ2v) is 16.6. The smallest absolute Gasteiger partial charge is 0.328 e. The molecule has 0 spiro atoms. The number of carbonyl (C=O) groups is 4. The minimum Gasteiger partial charge on any atom is -0.480 e. The quantitative estimate of drug-likeness (QED) is 0.0272. The fourth-order valence-electron chi connectivity index (χ4n) is 7.22. The van der Waals surface area contributed by atoms with Crippen molar-refractivity contribution in [3.63, 3.8) is 0 Å². The molecule has 2 atom stereocenters. The van der Waals surface area contributed by atoms with Crippen molar-refractivity contribution < 1.29 is 34.1 Å². The standard InChI is InChI=1S/C49H90N2O7/c1-3-5-7-9-11-13-15-17-18-19-20-22-24-26-28-33-37-41-48(55)58-44(38-34-30-27-25-23-21-16-14-12-10-8-6-4-2)39-35-31-29-32-36-40-46(53)50-42-47(54)51-45(43-52)49(56)57/h16,21,25,27,44-45,52H,3-15,17-20,22-24,26,28-43H2,1-2H3,(H,50,53)(H,51,54)(H,56,57)/b21-16-,27-25-. The Kier molecular flexibility index (Phi) is 41.9. The predicted molar refractivity (Wildman–Crippen MR) is 241 cm³/mol. The molecule has 2 amide bonds. The molecular weight excluding hydrogens is 729 g/mol. The summed E-state index contributed by atoms with van der Waals surface area (Å²) in [6.45, 7) is 3.49. The number of carboxylic acids is 1. The van der Waals surface area contributed by atoms with Gasteiger partial charge in [-0.1, -0.05) is 186 Å². The molecule has 0 heterocycles. The Morgan fingerprint density at radius 3 is 1.45 bits per heavy atom. The van der Waals surface area contributed by atoms with Crippen molar-refractivity contribution in [2.75, 3.05) is 13.2 Å². The first-order valence-corrected chi connectivity index (χ1v) is 24.2. The number of esters is 1. The van der Waals surface area contributed by atoms with Crippen molar-refractivity contribution >= 4 is 23.8 Å². The van der Waals surface area contributed by atoms with Crippen LogP contribution < -0.4 is 10.6 Å². The van der Waals surface area contributed by atoms with Gasteiger partial charge in [-0.25, -0.2) is 4.79 Å². The number of aliphatic hydroxyl groups is 1. The maximum Gasteiger partial charge on any atom is 0.328 e. The van der Waals surface area contributed by atoms with Gasteiger partial charge < -0.3 is 25.6 Å². The van der Waals surface area contributed by atoms with Crippen LogP contribution in [0.4, 0.5) is 0 Å². The first-order chi connectivity index (χ1) is 28.3. The molecule has 0 aliphatic rings. The second kappa shape index (κ2) is 43.9. The SMILES string of the molecule is CCCCCCC/C=C\C/C=C\CCCC(CCCCCCCC(=O)NCC(=O)NC(CO)C(=O)O)OC(=O)CCCCCCCCCCCCCCCCCCC. The van der Waals surface area contributed by atoms with Gasteiger partial charge in [0, 0.05) is 12.8 Å². The minimum atomic E-state index is -1.38. The fraction of sp³-hybridized carbons (Fsp3) is 0.837. The third kappa shape index (κ3) is 40.1. The van der Waals surface area contributed by atoms with Crippen LogP contribution in [0.3, 0.4) is 0 Å². The molecule has 0 aliphatic heterocycles. The topological polar surface area (TPSA) is 142 Å². The number of ether oxygens (including phenoxy) is 1. The lowest BCUT2D eigenvalue weighted by molar-refractivity contribution is -0.150. The molecule has 0 aliphatic carbocycles. The molecule has 0 radical (unpaired) electrons. The average molecular weight is 819 g/mol.